The van der Waals surface area contributed by atoms with Gasteiger partial charge in [0.25, 0.3) is 0 Å². The van der Waals surface area contributed by atoms with E-state index < -0.39 is 10.0 Å². The second-order valence-electron chi connectivity index (χ2n) is 4.97. The van der Waals surface area contributed by atoms with Crippen LogP contribution in [0.15, 0.2) is 18.2 Å². The summed E-state index contributed by atoms with van der Waals surface area (Å²) in [5.74, 6) is 2.08. The van der Waals surface area contributed by atoms with Crippen molar-refractivity contribution in [3.8, 4) is 17.2 Å². The molecule has 0 saturated carbocycles. The molecule has 0 radical (unpaired) electrons. The van der Waals surface area contributed by atoms with Crippen molar-refractivity contribution in [3.63, 3.8) is 0 Å². The summed E-state index contributed by atoms with van der Waals surface area (Å²) in [6, 6.07) is 5.66. The van der Waals surface area contributed by atoms with Crippen LogP contribution in [-0.4, -0.2) is 28.8 Å². The zero-order valence-corrected chi connectivity index (χ0v) is 13.9. The molecule has 4 nitrogen and oxygen atoms in total. The molecular weight excluding hydrogens is 260 g/mol. The summed E-state index contributed by atoms with van der Waals surface area (Å²) < 4.78 is 22.6. The molecule has 0 atom stereocenters. The van der Waals surface area contributed by atoms with Crippen LogP contribution in [0, 0.1) is 0 Å². The van der Waals surface area contributed by atoms with E-state index in [-0.39, 0.29) is 5.60 Å². The minimum Gasteiger partial charge on any atom is -0.522 e. The number of hydrogen-bond donors (Lipinski definition) is 0. The quantitative estimate of drug-likeness (QED) is 0.721. The number of para-hydroxylation sites is 1. The average Bonchev–Trinajstić information content (AvgIpc) is 2.32. The van der Waals surface area contributed by atoms with Gasteiger partial charge in [0, 0.05) is 0 Å². The Kier molecular flexibility index (Phi) is 6.18. The third-order valence-corrected chi connectivity index (χ3v) is 3.65. The van der Waals surface area contributed by atoms with Crippen molar-refractivity contribution in [1.29, 1.82) is 0 Å². The van der Waals surface area contributed by atoms with Gasteiger partial charge in [-0.25, -0.2) is 0 Å². The fraction of sp³-hybridized carbons (Fsp3) is 0.571. The van der Waals surface area contributed by atoms with Gasteiger partial charge >= 0.3 is 10.0 Å². The Bertz CT molecular complexity index is 388. The highest BCUT2D eigenvalue weighted by atomic mass is 28.3. The molecule has 0 aromatic heterocycles. The van der Waals surface area contributed by atoms with E-state index in [1.54, 1.807) is 0 Å². The Hall–Kier alpha value is -1.20. The zero-order chi connectivity index (χ0) is 14.3. The molecule has 0 aliphatic carbocycles. The maximum Gasteiger partial charge on any atom is 0.366 e. The van der Waals surface area contributed by atoms with Crippen molar-refractivity contribution in [1.82, 2.24) is 0 Å². The smallest absolute Gasteiger partial charge is 0.366 e. The lowest BCUT2D eigenvalue weighted by Gasteiger charge is -2.21. The molecule has 0 N–H and O–H groups in total. The van der Waals surface area contributed by atoms with E-state index in [0.717, 1.165) is 0 Å². The Balaban J connectivity index is 2.78. The third-order valence-electron chi connectivity index (χ3n) is 2.24. The summed E-state index contributed by atoms with van der Waals surface area (Å²) in [4.78, 5) is 0. The first kappa shape index (κ1) is 15.9. The molecule has 1 aromatic carbocycles. The summed E-state index contributed by atoms with van der Waals surface area (Å²) in [5.41, 5.74) is -0.171. The van der Waals surface area contributed by atoms with Gasteiger partial charge in [-0.1, -0.05) is 6.07 Å². The number of ether oxygens (including phenoxy) is 2. The lowest BCUT2D eigenvalue weighted by atomic mass is 10.2. The monoisotopic (exact) mass is 284 g/mol. The first-order chi connectivity index (χ1) is 8.98. The summed E-state index contributed by atoms with van der Waals surface area (Å²) in [5, 5.41) is 0. The molecule has 19 heavy (non-hydrogen) atoms. The van der Waals surface area contributed by atoms with E-state index in [2.05, 4.69) is 0 Å². The zero-order valence-electron chi connectivity index (χ0n) is 12.5. The molecule has 0 heterocycles. The molecule has 0 unspecified atom stereocenters. The van der Waals surface area contributed by atoms with Crippen LogP contribution in [0.25, 0.3) is 0 Å². The molecule has 0 amide bonds. The highest BCUT2D eigenvalue weighted by Gasteiger charge is 2.14. The summed E-state index contributed by atoms with van der Waals surface area (Å²) in [7, 11) is -1.10. The van der Waals surface area contributed by atoms with E-state index in [0.29, 0.717) is 30.5 Å². The minimum atomic E-state index is -1.10. The molecule has 0 aliphatic rings. The average molecular weight is 284 g/mol. The molecule has 0 bridgehead atoms. The van der Waals surface area contributed by atoms with Gasteiger partial charge in [0.15, 0.2) is 11.5 Å². The van der Waals surface area contributed by atoms with Crippen LogP contribution in [0.1, 0.15) is 34.6 Å². The van der Waals surface area contributed by atoms with Gasteiger partial charge in [-0.2, -0.15) is 0 Å². The SMILES string of the molecule is CCOc1cccc(O[SiH2]OC(C)(C)C)c1OCC. The highest BCUT2D eigenvalue weighted by molar-refractivity contribution is 6.19. The molecule has 1 aromatic rings. The van der Waals surface area contributed by atoms with Crippen molar-refractivity contribution in [2.45, 2.75) is 40.2 Å². The predicted octanol–water partition coefficient (Wildman–Crippen LogP) is 2.68. The third kappa shape index (κ3) is 5.53. The molecule has 108 valence electrons. The van der Waals surface area contributed by atoms with Gasteiger partial charge in [-0.05, 0) is 46.8 Å². The Morgan fingerprint density at radius 3 is 2.21 bits per heavy atom. The lowest BCUT2D eigenvalue weighted by Crippen LogP contribution is -2.24. The molecule has 5 heteroatoms. The van der Waals surface area contributed by atoms with Gasteiger partial charge in [-0.3, -0.25) is 0 Å². The fourth-order valence-corrected chi connectivity index (χ4v) is 2.20. The molecular formula is C14H24O4Si. The second kappa shape index (κ2) is 7.40. The Labute approximate surface area is 118 Å². The van der Waals surface area contributed by atoms with Crippen LogP contribution in [0.3, 0.4) is 0 Å². The van der Waals surface area contributed by atoms with Gasteiger partial charge in [0.1, 0.15) is 0 Å². The Morgan fingerprint density at radius 1 is 1.00 bits per heavy atom. The standard InChI is InChI=1S/C14H24O4Si/c1-6-15-11-9-8-10-12(13(11)16-7-2)17-19-18-14(3,4)5/h8-10H,6-7,19H2,1-5H3. The van der Waals surface area contributed by atoms with Crippen LogP contribution in [0.4, 0.5) is 0 Å². The largest absolute Gasteiger partial charge is 0.522 e. The molecule has 0 spiro atoms. The second-order valence-corrected chi connectivity index (χ2v) is 5.78. The van der Waals surface area contributed by atoms with E-state index in [9.17, 15) is 0 Å². The van der Waals surface area contributed by atoms with E-state index in [4.69, 9.17) is 18.3 Å². The van der Waals surface area contributed by atoms with Crippen molar-refractivity contribution in [2.24, 2.45) is 0 Å². The van der Waals surface area contributed by atoms with E-state index in [1.807, 2.05) is 52.8 Å². The molecule has 0 saturated heterocycles. The number of benzene rings is 1. The van der Waals surface area contributed by atoms with Gasteiger partial charge in [0.2, 0.25) is 5.75 Å². The molecule has 1 rings (SSSR count). The molecule has 0 aliphatic heterocycles. The first-order valence-corrected chi connectivity index (χ1v) is 7.78. The van der Waals surface area contributed by atoms with E-state index >= 15 is 0 Å². The summed E-state index contributed by atoms with van der Waals surface area (Å²) in [6.45, 7) is 11.1. The number of hydrogen-bond acceptors (Lipinski definition) is 4. The van der Waals surface area contributed by atoms with Gasteiger partial charge in [-0.15, -0.1) is 0 Å². The van der Waals surface area contributed by atoms with Crippen LogP contribution in [-0.2, 0) is 4.43 Å². The Morgan fingerprint density at radius 2 is 1.63 bits per heavy atom. The normalized spacial score (nSPS) is 11.8. The minimum absolute atomic E-state index is 0.171. The predicted molar refractivity (Wildman–Crippen MR) is 78.8 cm³/mol. The van der Waals surface area contributed by atoms with Crippen LogP contribution in [0.5, 0.6) is 17.2 Å². The summed E-state index contributed by atoms with van der Waals surface area (Å²) in [6.07, 6.45) is 0. The van der Waals surface area contributed by atoms with Crippen molar-refractivity contribution in [3.05, 3.63) is 18.2 Å². The maximum absolute atomic E-state index is 5.76. The summed E-state index contributed by atoms with van der Waals surface area (Å²) >= 11 is 0. The van der Waals surface area contributed by atoms with Crippen molar-refractivity contribution >= 4 is 10.0 Å². The maximum atomic E-state index is 5.76. The van der Waals surface area contributed by atoms with Gasteiger partial charge < -0.3 is 18.3 Å². The van der Waals surface area contributed by atoms with Crippen LogP contribution >= 0.6 is 0 Å². The molecule has 0 fully saturated rings. The first-order valence-electron chi connectivity index (χ1n) is 6.63. The van der Waals surface area contributed by atoms with Gasteiger partial charge in [0.05, 0.1) is 18.8 Å². The topological polar surface area (TPSA) is 36.9 Å². The van der Waals surface area contributed by atoms with E-state index in [1.165, 1.54) is 0 Å². The van der Waals surface area contributed by atoms with Crippen molar-refractivity contribution < 1.29 is 18.3 Å². The fourth-order valence-electron chi connectivity index (χ4n) is 1.43. The van der Waals surface area contributed by atoms with Crippen molar-refractivity contribution in [2.75, 3.05) is 13.2 Å². The van der Waals surface area contributed by atoms with Crippen LogP contribution in [0.2, 0.25) is 0 Å². The van der Waals surface area contributed by atoms with Crippen LogP contribution < -0.4 is 13.9 Å². The highest BCUT2D eigenvalue weighted by Crippen LogP contribution is 2.37. The lowest BCUT2D eigenvalue weighted by molar-refractivity contribution is 0.118. The number of rotatable bonds is 7.